The number of alkyl halides is 6. The highest BCUT2D eigenvalue weighted by atomic mass is 35.5. The lowest BCUT2D eigenvalue weighted by molar-refractivity contribution is -0.140. The van der Waals surface area contributed by atoms with Gasteiger partial charge in [-0.05, 0) is 29.8 Å². The predicted octanol–water partition coefficient (Wildman–Crippen LogP) is 3.96. The molecule has 0 unspecified atom stereocenters. The molecule has 0 spiro atoms. The van der Waals surface area contributed by atoms with E-state index in [2.05, 4.69) is 16.6 Å². The van der Waals surface area contributed by atoms with Crippen LogP contribution in [0.3, 0.4) is 0 Å². The largest absolute Gasteiger partial charge is 0.416 e. The van der Waals surface area contributed by atoms with Gasteiger partial charge >= 0.3 is 11.6 Å². The molecule has 0 saturated carbocycles. The van der Waals surface area contributed by atoms with E-state index >= 15 is 0 Å². The molecule has 0 heterocycles. The lowest BCUT2D eigenvalue weighted by Gasteiger charge is -2.16. The average molecular weight is 272 g/mol. The van der Waals surface area contributed by atoms with E-state index in [4.69, 9.17) is 0 Å². The lowest BCUT2D eigenvalue weighted by Crippen LogP contribution is -2.15. The van der Waals surface area contributed by atoms with Gasteiger partial charge < -0.3 is 0 Å². The van der Waals surface area contributed by atoms with Gasteiger partial charge in [0.2, 0.25) is 6.08 Å². The SMILES string of the molecule is O=C=Nc1ccc(C(F)(F)F)c(C(F)(F)Cl)c1. The molecule has 0 aliphatic rings. The van der Waals surface area contributed by atoms with Crippen LogP contribution in [0.15, 0.2) is 23.2 Å². The molecule has 1 rings (SSSR count). The van der Waals surface area contributed by atoms with Crippen LogP contribution in [0, 0.1) is 0 Å². The van der Waals surface area contributed by atoms with Crippen LogP contribution in [0.25, 0.3) is 0 Å². The van der Waals surface area contributed by atoms with Crippen LogP contribution in [0.1, 0.15) is 11.1 Å². The Balaban J connectivity index is 3.48. The summed E-state index contributed by atoms with van der Waals surface area (Å²) in [6.45, 7) is 0. The molecular weight excluding hydrogens is 269 g/mol. The smallest absolute Gasteiger partial charge is 0.211 e. The van der Waals surface area contributed by atoms with E-state index in [0.717, 1.165) is 12.1 Å². The Morgan fingerprint density at radius 2 is 1.71 bits per heavy atom. The minimum Gasteiger partial charge on any atom is -0.211 e. The molecule has 17 heavy (non-hydrogen) atoms. The standard InChI is InChI=1S/C9H3ClF5NO/c10-8(11,12)7-3-5(16-4-17)1-2-6(7)9(13,14)15/h1-3H. The Bertz CT molecular complexity index is 473. The molecule has 0 radical (unpaired) electrons. The fourth-order valence-corrected chi connectivity index (χ4v) is 1.29. The molecular formula is C9H3ClF5NO. The van der Waals surface area contributed by atoms with Crippen LogP contribution < -0.4 is 0 Å². The van der Waals surface area contributed by atoms with Gasteiger partial charge in [-0.3, -0.25) is 0 Å². The normalized spacial score (nSPS) is 12.1. The van der Waals surface area contributed by atoms with Crippen molar-refractivity contribution in [3.63, 3.8) is 0 Å². The summed E-state index contributed by atoms with van der Waals surface area (Å²) in [6.07, 6.45) is -3.95. The first-order valence-corrected chi connectivity index (χ1v) is 4.40. The molecule has 92 valence electrons. The molecule has 2 nitrogen and oxygen atoms in total. The predicted molar refractivity (Wildman–Crippen MR) is 49.0 cm³/mol. The van der Waals surface area contributed by atoms with Gasteiger partial charge in [0.15, 0.2) is 0 Å². The van der Waals surface area contributed by atoms with Gasteiger partial charge in [0.1, 0.15) is 0 Å². The fraction of sp³-hybridized carbons (Fsp3) is 0.222. The van der Waals surface area contributed by atoms with Gasteiger partial charge in [0, 0.05) is 0 Å². The van der Waals surface area contributed by atoms with Crippen molar-refractivity contribution >= 4 is 23.4 Å². The zero-order valence-corrected chi connectivity index (χ0v) is 8.61. The summed E-state index contributed by atoms with van der Waals surface area (Å²) in [6, 6.07) is 1.53. The van der Waals surface area contributed by atoms with Crippen LogP contribution in [-0.2, 0) is 16.4 Å². The van der Waals surface area contributed by atoms with Crippen LogP contribution >= 0.6 is 11.6 Å². The maximum absolute atomic E-state index is 12.8. The number of carbonyl (C=O) groups excluding carboxylic acids is 1. The minimum atomic E-state index is -4.98. The maximum atomic E-state index is 12.8. The van der Waals surface area contributed by atoms with Gasteiger partial charge in [-0.15, -0.1) is 0 Å². The first-order chi connectivity index (χ1) is 7.66. The lowest BCUT2D eigenvalue weighted by atomic mass is 10.1. The summed E-state index contributed by atoms with van der Waals surface area (Å²) >= 11 is 4.57. The van der Waals surface area contributed by atoms with Crippen LogP contribution in [-0.4, -0.2) is 6.08 Å². The summed E-state index contributed by atoms with van der Waals surface area (Å²) < 4.78 is 62.8. The summed E-state index contributed by atoms with van der Waals surface area (Å²) in [5.74, 6) is 0. The summed E-state index contributed by atoms with van der Waals surface area (Å²) in [7, 11) is 0. The van der Waals surface area contributed by atoms with Crippen molar-refractivity contribution in [1.82, 2.24) is 0 Å². The Labute approximate surface area is 96.7 Å². The molecule has 0 amide bonds. The third kappa shape index (κ3) is 3.25. The number of halogens is 6. The van der Waals surface area contributed by atoms with E-state index in [9.17, 15) is 26.7 Å². The van der Waals surface area contributed by atoms with Crippen molar-refractivity contribution < 1.29 is 26.7 Å². The first-order valence-electron chi connectivity index (χ1n) is 4.02. The average Bonchev–Trinajstić information content (AvgIpc) is 2.15. The van der Waals surface area contributed by atoms with Crippen LogP contribution in [0.5, 0.6) is 0 Å². The fourth-order valence-electron chi connectivity index (χ4n) is 1.14. The molecule has 1 aromatic rings. The second-order valence-electron chi connectivity index (χ2n) is 2.93. The molecule has 0 aromatic heterocycles. The van der Waals surface area contributed by atoms with E-state index in [1.807, 2.05) is 0 Å². The van der Waals surface area contributed by atoms with Crippen molar-refractivity contribution in [2.75, 3.05) is 0 Å². The molecule has 0 bridgehead atoms. The highest BCUT2D eigenvalue weighted by Gasteiger charge is 2.41. The Kier molecular flexibility index (Phi) is 3.54. The van der Waals surface area contributed by atoms with Gasteiger partial charge in [-0.1, -0.05) is 0 Å². The summed E-state index contributed by atoms with van der Waals surface area (Å²) in [5.41, 5.74) is -3.42. The minimum absolute atomic E-state index is 0.377. The zero-order chi connectivity index (χ0) is 13.3. The van der Waals surface area contributed by atoms with E-state index in [1.165, 1.54) is 0 Å². The monoisotopic (exact) mass is 271 g/mol. The van der Waals surface area contributed by atoms with Crippen molar-refractivity contribution in [1.29, 1.82) is 0 Å². The van der Waals surface area contributed by atoms with Crippen LogP contribution in [0.4, 0.5) is 27.6 Å². The number of rotatable bonds is 2. The summed E-state index contributed by atoms with van der Waals surface area (Å²) in [4.78, 5) is 12.8. The zero-order valence-electron chi connectivity index (χ0n) is 7.86. The Morgan fingerprint density at radius 3 is 2.12 bits per heavy atom. The maximum Gasteiger partial charge on any atom is 0.416 e. The van der Waals surface area contributed by atoms with E-state index in [0.29, 0.717) is 12.1 Å². The number of isocyanates is 1. The molecule has 0 saturated heterocycles. The number of hydrogen-bond donors (Lipinski definition) is 0. The molecule has 0 atom stereocenters. The third-order valence-corrected chi connectivity index (χ3v) is 1.99. The number of benzene rings is 1. The molecule has 0 N–H and O–H groups in total. The quantitative estimate of drug-likeness (QED) is 0.346. The van der Waals surface area contributed by atoms with Gasteiger partial charge in [0.25, 0.3) is 0 Å². The second kappa shape index (κ2) is 4.43. The van der Waals surface area contributed by atoms with Gasteiger partial charge in [-0.2, -0.15) is 26.9 Å². The van der Waals surface area contributed by atoms with Crippen molar-refractivity contribution in [2.45, 2.75) is 11.6 Å². The highest BCUT2D eigenvalue weighted by molar-refractivity contribution is 6.22. The van der Waals surface area contributed by atoms with E-state index < -0.39 is 22.7 Å². The Hall–Kier alpha value is -1.46. The molecule has 8 heteroatoms. The van der Waals surface area contributed by atoms with Gasteiger partial charge in [-0.25, -0.2) is 4.79 Å². The summed E-state index contributed by atoms with van der Waals surface area (Å²) in [5, 5.41) is -4.21. The number of hydrogen-bond acceptors (Lipinski definition) is 2. The second-order valence-corrected chi connectivity index (χ2v) is 3.40. The molecule has 0 fully saturated rings. The molecule has 1 aromatic carbocycles. The Morgan fingerprint density at radius 1 is 1.12 bits per heavy atom. The van der Waals surface area contributed by atoms with Crippen molar-refractivity contribution in [2.24, 2.45) is 4.99 Å². The number of nitrogens with zero attached hydrogens (tertiary/aromatic N) is 1. The highest BCUT2D eigenvalue weighted by Crippen LogP contribution is 2.42. The van der Waals surface area contributed by atoms with Gasteiger partial charge in [0.05, 0.1) is 16.8 Å². The van der Waals surface area contributed by atoms with Crippen molar-refractivity contribution in [3.8, 4) is 0 Å². The topological polar surface area (TPSA) is 29.4 Å². The molecule has 0 aliphatic heterocycles. The van der Waals surface area contributed by atoms with E-state index in [1.54, 1.807) is 0 Å². The van der Waals surface area contributed by atoms with Crippen LogP contribution in [0.2, 0.25) is 0 Å². The van der Waals surface area contributed by atoms with Crippen molar-refractivity contribution in [3.05, 3.63) is 29.3 Å². The third-order valence-electron chi connectivity index (χ3n) is 1.79. The number of aliphatic imine (C=N–C) groups is 1. The first kappa shape index (κ1) is 13.6. The van der Waals surface area contributed by atoms with E-state index in [-0.39, 0.29) is 5.69 Å². The molecule has 0 aliphatic carbocycles.